The van der Waals surface area contributed by atoms with E-state index in [1.54, 1.807) is 12.1 Å². The number of nitrogens with one attached hydrogen (secondary N) is 2. The summed E-state index contributed by atoms with van der Waals surface area (Å²) in [7, 11) is 1.46. The van der Waals surface area contributed by atoms with Crippen molar-refractivity contribution in [1.82, 2.24) is 20.5 Å². The number of urea groups is 1. The molecule has 0 aromatic carbocycles. The molecular weight excluding hydrogens is 329 g/mol. The van der Waals surface area contributed by atoms with E-state index in [-0.39, 0.29) is 19.5 Å². The highest BCUT2D eigenvalue weighted by Gasteiger charge is 2.39. The summed E-state index contributed by atoms with van der Waals surface area (Å²) in [4.78, 5) is 28.3. The quantitative estimate of drug-likeness (QED) is 0.835. The molecule has 0 saturated carbocycles. The van der Waals surface area contributed by atoms with Gasteiger partial charge in [0.05, 0.1) is 7.11 Å². The molecule has 0 aliphatic carbocycles. The van der Waals surface area contributed by atoms with Crippen molar-refractivity contribution >= 4 is 11.9 Å². The molecule has 1 aromatic heterocycles. The first kappa shape index (κ1) is 17.8. The zero-order valence-electron chi connectivity index (χ0n) is 12.9. The number of alkyl halides is 3. The van der Waals surface area contributed by atoms with Gasteiger partial charge in [0.25, 0.3) is 0 Å². The number of hydrogen-bond donors (Lipinski definition) is 2. The van der Waals surface area contributed by atoms with Gasteiger partial charge >= 0.3 is 12.2 Å². The van der Waals surface area contributed by atoms with Crippen molar-refractivity contribution in [1.29, 1.82) is 0 Å². The van der Waals surface area contributed by atoms with Crippen LogP contribution < -0.4 is 15.4 Å². The standard InChI is InChI=1S/C14H17F3N4O3/c1-24-11-6-9(2-4-18-11)7-19-13(23)20-10-3-5-21(12(10)22)8-14(15,16)17/h2,4,6,10H,3,5,7-8H2,1H3,(H2,19,20,23)/t10-/m0/s1. The molecule has 1 fully saturated rings. The van der Waals surface area contributed by atoms with Crippen molar-refractivity contribution in [2.45, 2.75) is 25.2 Å². The van der Waals surface area contributed by atoms with Crippen molar-refractivity contribution < 1.29 is 27.5 Å². The van der Waals surface area contributed by atoms with Gasteiger partial charge in [-0.15, -0.1) is 0 Å². The van der Waals surface area contributed by atoms with Gasteiger partial charge in [0, 0.05) is 25.4 Å². The lowest BCUT2D eigenvalue weighted by Gasteiger charge is -2.18. The van der Waals surface area contributed by atoms with Gasteiger partial charge in [-0.05, 0) is 18.1 Å². The lowest BCUT2D eigenvalue weighted by molar-refractivity contribution is -0.157. The highest BCUT2D eigenvalue weighted by Crippen LogP contribution is 2.20. The average Bonchev–Trinajstić information content (AvgIpc) is 2.84. The third-order valence-corrected chi connectivity index (χ3v) is 3.43. The van der Waals surface area contributed by atoms with Crippen molar-refractivity contribution in [2.24, 2.45) is 0 Å². The molecule has 1 aliphatic heterocycles. The van der Waals surface area contributed by atoms with E-state index >= 15 is 0 Å². The fraction of sp³-hybridized carbons (Fsp3) is 0.500. The Morgan fingerprint density at radius 2 is 2.25 bits per heavy atom. The molecule has 10 heteroatoms. The van der Waals surface area contributed by atoms with Gasteiger partial charge < -0.3 is 20.3 Å². The fourth-order valence-corrected chi connectivity index (χ4v) is 2.31. The fourth-order valence-electron chi connectivity index (χ4n) is 2.31. The minimum atomic E-state index is -4.45. The predicted octanol–water partition coefficient (Wildman–Crippen LogP) is 1.05. The molecule has 0 unspecified atom stereocenters. The largest absolute Gasteiger partial charge is 0.481 e. The topological polar surface area (TPSA) is 83.6 Å². The maximum atomic E-state index is 12.3. The summed E-state index contributed by atoms with van der Waals surface area (Å²) in [5.41, 5.74) is 0.730. The van der Waals surface area contributed by atoms with E-state index in [4.69, 9.17) is 4.74 Å². The van der Waals surface area contributed by atoms with Gasteiger partial charge in [-0.3, -0.25) is 4.79 Å². The van der Waals surface area contributed by atoms with E-state index in [9.17, 15) is 22.8 Å². The van der Waals surface area contributed by atoms with Gasteiger partial charge in [-0.2, -0.15) is 13.2 Å². The number of aromatic nitrogens is 1. The Labute approximate surface area is 136 Å². The van der Waals surface area contributed by atoms with E-state index in [2.05, 4.69) is 15.6 Å². The second-order valence-electron chi connectivity index (χ2n) is 5.25. The van der Waals surface area contributed by atoms with Crippen LogP contribution in [0.4, 0.5) is 18.0 Å². The molecule has 24 heavy (non-hydrogen) atoms. The van der Waals surface area contributed by atoms with Crippen molar-refractivity contribution in [3.05, 3.63) is 23.9 Å². The third-order valence-electron chi connectivity index (χ3n) is 3.43. The molecule has 1 aromatic rings. The number of halogens is 3. The maximum Gasteiger partial charge on any atom is 0.406 e. The van der Waals surface area contributed by atoms with Crippen LogP contribution in [-0.4, -0.2) is 54.2 Å². The number of carbonyl (C=O) groups is 2. The Hall–Kier alpha value is -2.52. The molecule has 2 heterocycles. The number of methoxy groups -OCH3 is 1. The summed E-state index contributed by atoms with van der Waals surface area (Å²) in [5, 5.41) is 4.92. The van der Waals surface area contributed by atoms with Crippen LogP contribution in [0.3, 0.4) is 0 Å². The van der Waals surface area contributed by atoms with E-state index in [0.717, 1.165) is 5.56 Å². The lowest BCUT2D eigenvalue weighted by Crippen LogP contribution is -2.47. The van der Waals surface area contributed by atoms with E-state index in [1.165, 1.54) is 13.3 Å². The number of amides is 3. The zero-order valence-corrected chi connectivity index (χ0v) is 12.9. The van der Waals surface area contributed by atoms with Crippen LogP contribution in [0.2, 0.25) is 0 Å². The van der Waals surface area contributed by atoms with E-state index in [1.807, 2.05) is 0 Å². The van der Waals surface area contributed by atoms with Gasteiger partial charge in [0.2, 0.25) is 11.8 Å². The smallest absolute Gasteiger partial charge is 0.406 e. The Morgan fingerprint density at radius 3 is 2.92 bits per heavy atom. The van der Waals surface area contributed by atoms with Crippen LogP contribution in [0.15, 0.2) is 18.3 Å². The van der Waals surface area contributed by atoms with Crippen molar-refractivity contribution in [2.75, 3.05) is 20.2 Å². The van der Waals surface area contributed by atoms with Crippen LogP contribution in [0.5, 0.6) is 5.88 Å². The normalized spacial score (nSPS) is 17.8. The number of pyridine rings is 1. The Bertz CT molecular complexity index is 609. The molecule has 2 rings (SSSR count). The first-order valence-corrected chi connectivity index (χ1v) is 7.17. The summed E-state index contributed by atoms with van der Waals surface area (Å²) in [5.74, 6) is -0.337. The van der Waals surface area contributed by atoms with Crippen LogP contribution >= 0.6 is 0 Å². The highest BCUT2D eigenvalue weighted by atomic mass is 19.4. The molecular formula is C14H17F3N4O3. The Kier molecular flexibility index (Phi) is 5.47. The molecule has 1 atom stereocenters. The molecule has 1 saturated heterocycles. The molecule has 2 N–H and O–H groups in total. The van der Waals surface area contributed by atoms with Crippen LogP contribution in [0, 0.1) is 0 Å². The first-order valence-electron chi connectivity index (χ1n) is 7.17. The first-order chi connectivity index (χ1) is 11.3. The van der Waals surface area contributed by atoms with Crippen LogP contribution in [-0.2, 0) is 11.3 Å². The average molecular weight is 346 g/mol. The zero-order chi connectivity index (χ0) is 17.7. The van der Waals surface area contributed by atoms with Gasteiger partial charge in [0.1, 0.15) is 12.6 Å². The second kappa shape index (κ2) is 7.37. The summed E-state index contributed by atoms with van der Waals surface area (Å²) in [6.07, 6.45) is -2.79. The minimum absolute atomic E-state index is 0.0369. The van der Waals surface area contributed by atoms with Gasteiger partial charge in [-0.1, -0.05) is 0 Å². The van der Waals surface area contributed by atoms with Crippen molar-refractivity contribution in [3.63, 3.8) is 0 Å². The number of likely N-dealkylation sites (tertiary alicyclic amines) is 1. The number of hydrogen-bond acceptors (Lipinski definition) is 4. The predicted molar refractivity (Wildman–Crippen MR) is 77.2 cm³/mol. The molecule has 1 aliphatic rings. The molecule has 7 nitrogen and oxygen atoms in total. The SMILES string of the molecule is COc1cc(CNC(=O)N[C@H]2CCN(CC(F)(F)F)C2=O)ccn1. The Morgan fingerprint density at radius 1 is 1.50 bits per heavy atom. The number of nitrogens with zero attached hydrogens (tertiary/aromatic N) is 2. The molecule has 0 radical (unpaired) electrons. The van der Waals surface area contributed by atoms with Gasteiger partial charge in [0.15, 0.2) is 0 Å². The summed E-state index contributed by atoms with van der Waals surface area (Å²) in [6, 6.07) is 1.73. The van der Waals surface area contributed by atoms with E-state index in [0.29, 0.717) is 10.8 Å². The summed E-state index contributed by atoms with van der Waals surface area (Å²) >= 11 is 0. The minimum Gasteiger partial charge on any atom is -0.481 e. The maximum absolute atomic E-state index is 12.3. The molecule has 0 bridgehead atoms. The lowest BCUT2D eigenvalue weighted by atomic mass is 10.2. The summed E-state index contributed by atoms with van der Waals surface area (Å²) < 4.78 is 41.9. The second-order valence-corrected chi connectivity index (χ2v) is 5.25. The number of ether oxygens (including phenoxy) is 1. The number of carbonyl (C=O) groups excluding carboxylic acids is 2. The monoisotopic (exact) mass is 346 g/mol. The molecule has 0 spiro atoms. The third kappa shape index (κ3) is 5.00. The number of rotatable bonds is 5. The molecule has 132 valence electrons. The van der Waals surface area contributed by atoms with Crippen LogP contribution in [0.25, 0.3) is 0 Å². The van der Waals surface area contributed by atoms with E-state index < -0.39 is 30.7 Å². The summed E-state index contributed by atoms with van der Waals surface area (Å²) in [6.45, 7) is -1.18. The Balaban J connectivity index is 1.81. The van der Waals surface area contributed by atoms with Crippen molar-refractivity contribution in [3.8, 4) is 5.88 Å². The molecule has 3 amide bonds. The highest BCUT2D eigenvalue weighted by molar-refractivity contribution is 5.88. The van der Waals surface area contributed by atoms with Crippen LogP contribution in [0.1, 0.15) is 12.0 Å². The van der Waals surface area contributed by atoms with Gasteiger partial charge in [-0.25, -0.2) is 9.78 Å².